The van der Waals surface area contributed by atoms with Crippen molar-refractivity contribution in [1.29, 1.82) is 0 Å². The summed E-state index contributed by atoms with van der Waals surface area (Å²) in [5, 5.41) is 2.92. The van der Waals surface area contributed by atoms with Crippen LogP contribution in [0.5, 0.6) is 0 Å². The quantitative estimate of drug-likeness (QED) is 0.608. The third-order valence-corrected chi connectivity index (χ3v) is 5.74. The second-order valence-electron chi connectivity index (χ2n) is 7.95. The molecule has 0 spiro atoms. The normalized spacial score (nSPS) is 17.6. The monoisotopic (exact) mass is 411 g/mol. The van der Waals surface area contributed by atoms with Crippen LogP contribution in [0, 0.1) is 5.92 Å². The highest BCUT2D eigenvalue weighted by Crippen LogP contribution is 2.35. The number of carbonyl (C=O) groups is 2. The lowest BCUT2D eigenvalue weighted by molar-refractivity contribution is -0.121. The lowest BCUT2D eigenvalue weighted by Crippen LogP contribution is -2.42. The van der Waals surface area contributed by atoms with Crippen LogP contribution in [0.3, 0.4) is 0 Å². The van der Waals surface area contributed by atoms with Gasteiger partial charge in [-0.1, -0.05) is 18.2 Å². The minimum absolute atomic E-state index is 0.0237. The number of nitrogens with zero attached hydrogens (tertiary/aromatic N) is 2. The van der Waals surface area contributed by atoms with E-state index in [0.29, 0.717) is 25.9 Å². The zero-order chi connectivity index (χ0) is 21.3. The molecule has 1 aliphatic heterocycles. The fraction of sp³-hybridized carbons (Fsp3) is 0.429. The molecule has 1 aliphatic carbocycles. The first-order valence-electron chi connectivity index (χ1n) is 10.2. The smallest absolute Gasteiger partial charge is 0.330 e. The Hall–Kier alpha value is -3.20. The van der Waals surface area contributed by atoms with E-state index in [1.54, 1.807) is 0 Å². The van der Waals surface area contributed by atoms with E-state index in [9.17, 15) is 19.2 Å². The van der Waals surface area contributed by atoms with Crippen LogP contribution >= 0.6 is 0 Å². The van der Waals surface area contributed by atoms with Gasteiger partial charge in [-0.2, -0.15) is 0 Å². The SMILES string of the molecule is Nc1c(C(=O)CN2CCC(C(=O)Nc3ccccc3)CC2)c(=O)[nH]c(=O)n1C1CC1. The van der Waals surface area contributed by atoms with E-state index in [-0.39, 0.29) is 35.8 Å². The average Bonchev–Trinajstić information content (AvgIpc) is 3.54. The van der Waals surface area contributed by atoms with Crippen molar-refractivity contribution in [2.45, 2.75) is 31.7 Å². The van der Waals surface area contributed by atoms with Gasteiger partial charge in [0, 0.05) is 17.6 Å². The van der Waals surface area contributed by atoms with Crippen molar-refractivity contribution in [2.75, 3.05) is 30.7 Å². The van der Waals surface area contributed by atoms with Crippen molar-refractivity contribution in [1.82, 2.24) is 14.5 Å². The Morgan fingerprint density at radius 3 is 2.37 bits per heavy atom. The molecule has 9 heteroatoms. The molecule has 1 aromatic heterocycles. The Kier molecular flexibility index (Phi) is 5.54. The van der Waals surface area contributed by atoms with Crippen molar-refractivity contribution in [3.8, 4) is 0 Å². The van der Waals surface area contributed by atoms with E-state index < -0.39 is 17.0 Å². The number of Topliss-reactive ketones (excluding diaryl/α,β-unsaturated/α-hetero) is 1. The molecule has 0 unspecified atom stereocenters. The lowest BCUT2D eigenvalue weighted by atomic mass is 9.95. The number of ketones is 1. The highest BCUT2D eigenvalue weighted by Gasteiger charge is 2.31. The minimum atomic E-state index is -0.739. The van der Waals surface area contributed by atoms with Crippen molar-refractivity contribution < 1.29 is 9.59 Å². The number of benzene rings is 1. The minimum Gasteiger partial charge on any atom is -0.384 e. The van der Waals surface area contributed by atoms with Gasteiger partial charge in [0.25, 0.3) is 5.56 Å². The number of nitrogens with two attached hydrogens (primary N) is 1. The summed E-state index contributed by atoms with van der Waals surface area (Å²) in [6, 6.07) is 9.26. The summed E-state index contributed by atoms with van der Waals surface area (Å²) in [7, 11) is 0. The number of carbonyl (C=O) groups excluding carboxylic acids is 2. The van der Waals surface area contributed by atoms with Gasteiger partial charge in [0.1, 0.15) is 11.4 Å². The zero-order valence-electron chi connectivity index (χ0n) is 16.6. The summed E-state index contributed by atoms with van der Waals surface area (Å²) in [5.74, 6) is -0.602. The number of nitrogen functional groups attached to an aromatic ring is 1. The van der Waals surface area contributed by atoms with Crippen LogP contribution in [0.4, 0.5) is 11.5 Å². The summed E-state index contributed by atoms with van der Waals surface area (Å²) in [4.78, 5) is 53.6. The van der Waals surface area contributed by atoms with Gasteiger partial charge in [0.2, 0.25) is 5.91 Å². The van der Waals surface area contributed by atoms with Crippen molar-refractivity contribution >= 4 is 23.2 Å². The third kappa shape index (κ3) is 4.20. The molecule has 4 rings (SSSR count). The van der Waals surface area contributed by atoms with Gasteiger partial charge in [0.15, 0.2) is 5.78 Å². The maximum Gasteiger partial charge on any atom is 0.330 e. The number of aromatic nitrogens is 2. The first-order chi connectivity index (χ1) is 14.4. The lowest BCUT2D eigenvalue weighted by Gasteiger charge is -2.30. The summed E-state index contributed by atoms with van der Waals surface area (Å²) in [5.41, 5.74) is 5.33. The Morgan fingerprint density at radius 2 is 1.73 bits per heavy atom. The maximum atomic E-state index is 12.8. The molecule has 1 aromatic carbocycles. The number of para-hydroxylation sites is 1. The number of nitrogens with one attached hydrogen (secondary N) is 2. The molecule has 0 atom stereocenters. The average molecular weight is 411 g/mol. The van der Waals surface area contributed by atoms with E-state index in [1.165, 1.54) is 4.57 Å². The number of aromatic amines is 1. The number of piperidine rings is 1. The van der Waals surface area contributed by atoms with Crippen LogP contribution < -0.4 is 22.3 Å². The number of anilines is 2. The Bertz CT molecular complexity index is 1060. The molecule has 1 saturated carbocycles. The topological polar surface area (TPSA) is 130 Å². The van der Waals surface area contributed by atoms with E-state index in [2.05, 4.69) is 10.3 Å². The van der Waals surface area contributed by atoms with Gasteiger partial charge in [-0.3, -0.25) is 28.8 Å². The molecule has 2 fully saturated rings. The van der Waals surface area contributed by atoms with Gasteiger partial charge in [-0.05, 0) is 50.9 Å². The highest BCUT2D eigenvalue weighted by molar-refractivity contribution is 6.01. The Labute approximate surface area is 172 Å². The third-order valence-electron chi connectivity index (χ3n) is 5.74. The number of likely N-dealkylation sites (tertiary alicyclic amines) is 1. The number of amides is 1. The van der Waals surface area contributed by atoms with Crippen molar-refractivity contribution in [3.63, 3.8) is 0 Å². The largest absolute Gasteiger partial charge is 0.384 e. The predicted molar refractivity (Wildman–Crippen MR) is 113 cm³/mol. The van der Waals surface area contributed by atoms with Crippen molar-refractivity contribution in [3.05, 3.63) is 56.7 Å². The summed E-state index contributed by atoms with van der Waals surface area (Å²) >= 11 is 0. The van der Waals surface area contributed by atoms with E-state index in [0.717, 1.165) is 18.5 Å². The predicted octanol–water partition coefficient (Wildman–Crippen LogP) is 0.987. The van der Waals surface area contributed by atoms with Gasteiger partial charge in [-0.25, -0.2) is 4.79 Å². The molecule has 158 valence electrons. The molecule has 2 aromatic rings. The standard InChI is InChI=1S/C21H25N5O4/c22-18-17(20(29)24-21(30)26(18)15-6-7-15)16(27)12-25-10-8-13(9-11-25)19(28)23-14-4-2-1-3-5-14/h1-5,13,15H,6-12,22H2,(H,23,28)(H,24,29,30). The maximum absolute atomic E-state index is 12.8. The van der Waals surface area contributed by atoms with E-state index in [1.807, 2.05) is 35.2 Å². The molecular weight excluding hydrogens is 386 g/mol. The zero-order valence-corrected chi connectivity index (χ0v) is 16.6. The molecule has 1 amide bonds. The van der Waals surface area contributed by atoms with E-state index in [4.69, 9.17) is 5.73 Å². The number of H-pyrrole nitrogens is 1. The van der Waals surface area contributed by atoms with Gasteiger partial charge >= 0.3 is 5.69 Å². The number of hydrogen-bond donors (Lipinski definition) is 3. The Balaban J connectivity index is 1.37. The van der Waals surface area contributed by atoms with Crippen LogP contribution in [0.1, 0.15) is 42.1 Å². The van der Waals surface area contributed by atoms with Crippen LogP contribution in [0.2, 0.25) is 0 Å². The number of hydrogen-bond acceptors (Lipinski definition) is 6. The number of rotatable bonds is 6. The van der Waals surface area contributed by atoms with Gasteiger partial charge in [0.05, 0.1) is 6.54 Å². The Morgan fingerprint density at radius 1 is 1.07 bits per heavy atom. The first-order valence-corrected chi connectivity index (χ1v) is 10.2. The molecule has 1 saturated heterocycles. The highest BCUT2D eigenvalue weighted by atomic mass is 16.2. The summed E-state index contributed by atoms with van der Waals surface area (Å²) < 4.78 is 1.31. The van der Waals surface area contributed by atoms with Crippen LogP contribution in [0.15, 0.2) is 39.9 Å². The van der Waals surface area contributed by atoms with E-state index >= 15 is 0 Å². The van der Waals surface area contributed by atoms with Gasteiger partial charge < -0.3 is 11.1 Å². The fourth-order valence-electron chi connectivity index (χ4n) is 3.93. The molecule has 30 heavy (non-hydrogen) atoms. The molecule has 2 heterocycles. The second kappa shape index (κ2) is 8.27. The van der Waals surface area contributed by atoms with Gasteiger partial charge in [-0.15, -0.1) is 0 Å². The second-order valence-corrected chi connectivity index (χ2v) is 7.95. The molecule has 0 bridgehead atoms. The van der Waals surface area contributed by atoms with Crippen molar-refractivity contribution in [2.24, 2.45) is 5.92 Å². The van der Waals surface area contributed by atoms with Crippen LogP contribution in [0.25, 0.3) is 0 Å². The van der Waals surface area contributed by atoms with Crippen LogP contribution in [-0.2, 0) is 4.79 Å². The van der Waals surface area contributed by atoms with Crippen LogP contribution in [-0.4, -0.2) is 45.8 Å². The fourth-order valence-corrected chi connectivity index (χ4v) is 3.93. The molecular formula is C21H25N5O4. The summed E-state index contributed by atoms with van der Waals surface area (Å²) in [6.07, 6.45) is 2.86. The molecule has 2 aliphatic rings. The molecule has 9 nitrogen and oxygen atoms in total. The summed E-state index contributed by atoms with van der Waals surface area (Å²) in [6.45, 7) is 1.17. The molecule has 4 N–H and O–H groups in total. The first kappa shape index (κ1) is 20.1. The molecule has 0 radical (unpaired) electrons.